The summed E-state index contributed by atoms with van der Waals surface area (Å²) < 4.78 is 0.966. The molecule has 2 aliphatic rings. The second kappa shape index (κ2) is 7.06. The Bertz CT molecular complexity index is 739. The molecule has 6 heteroatoms. The predicted molar refractivity (Wildman–Crippen MR) is 108 cm³/mol. The lowest BCUT2D eigenvalue weighted by Crippen LogP contribution is -2.57. The number of piperidine rings is 1. The van der Waals surface area contributed by atoms with Crippen molar-refractivity contribution < 1.29 is 9.59 Å². The van der Waals surface area contributed by atoms with Crippen LogP contribution in [-0.2, 0) is 9.59 Å². The summed E-state index contributed by atoms with van der Waals surface area (Å²) >= 11 is 3.53. The number of hydrogen-bond donors (Lipinski definition) is 0. The molecule has 0 aliphatic carbocycles. The van der Waals surface area contributed by atoms with E-state index in [1.165, 1.54) is 6.08 Å². The molecule has 2 amide bonds. The van der Waals surface area contributed by atoms with Crippen LogP contribution in [0.25, 0.3) is 0 Å². The van der Waals surface area contributed by atoms with Gasteiger partial charge in [-0.2, -0.15) is 0 Å². The fourth-order valence-electron chi connectivity index (χ4n) is 3.79. The van der Waals surface area contributed by atoms with Gasteiger partial charge in [0, 0.05) is 37.1 Å². The van der Waals surface area contributed by atoms with E-state index < -0.39 is 0 Å². The Morgan fingerprint density at radius 2 is 1.88 bits per heavy atom. The van der Waals surface area contributed by atoms with Crippen molar-refractivity contribution in [1.82, 2.24) is 4.90 Å². The third-order valence-electron chi connectivity index (χ3n) is 5.64. The van der Waals surface area contributed by atoms with Gasteiger partial charge in [-0.05, 0) is 51.0 Å². The minimum Gasteiger partial charge on any atom is -0.366 e. The molecule has 1 aromatic carbocycles. The minimum absolute atomic E-state index is 0.0464. The van der Waals surface area contributed by atoms with Gasteiger partial charge in [0.05, 0.1) is 16.9 Å². The fourth-order valence-corrected chi connectivity index (χ4v) is 4.14. The topological polar surface area (TPSA) is 43.9 Å². The Morgan fingerprint density at radius 3 is 2.50 bits per heavy atom. The van der Waals surface area contributed by atoms with E-state index in [2.05, 4.69) is 54.4 Å². The molecule has 0 atom stereocenters. The Labute approximate surface area is 163 Å². The summed E-state index contributed by atoms with van der Waals surface area (Å²) in [5, 5.41) is 0. The molecule has 1 fully saturated rings. The molecule has 0 radical (unpaired) electrons. The van der Waals surface area contributed by atoms with E-state index in [9.17, 15) is 9.59 Å². The first-order valence-electron chi connectivity index (χ1n) is 9.00. The summed E-state index contributed by atoms with van der Waals surface area (Å²) in [7, 11) is 2.08. The highest BCUT2D eigenvalue weighted by Gasteiger charge is 2.39. The number of hydrogen-bond acceptors (Lipinski definition) is 3. The average Bonchev–Trinajstić information content (AvgIpc) is 2.63. The highest BCUT2D eigenvalue weighted by Crippen LogP contribution is 2.41. The van der Waals surface area contributed by atoms with E-state index in [1.807, 2.05) is 17.0 Å². The van der Waals surface area contributed by atoms with Crippen LogP contribution < -0.4 is 9.80 Å². The van der Waals surface area contributed by atoms with E-state index in [0.717, 1.165) is 15.8 Å². The molecule has 1 aromatic rings. The monoisotopic (exact) mass is 419 g/mol. The average molecular weight is 420 g/mol. The molecule has 2 heterocycles. The van der Waals surface area contributed by atoms with Gasteiger partial charge in [0.25, 0.3) is 0 Å². The molecular weight excluding hydrogens is 394 g/mol. The van der Waals surface area contributed by atoms with Gasteiger partial charge in [-0.1, -0.05) is 22.5 Å². The fraction of sp³-hybridized carbons (Fsp3) is 0.500. The molecule has 2 aliphatic heterocycles. The van der Waals surface area contributed by atoms with Gasteiger partial charge < -0.3 is 14.7 Å². The number of benzene rings is 1. The summed E-state index contributed by atoms with van der Waals surface area (Å²) in [6.45, 7) is 9.74. The van der Waals surface area contributed by atoms with Gasteiger partial charge in [-0.15, -0.1) is 0 Å². The van der Waals surface area contributed by atoms with Crippen molar-refractivity contribution in [3.05, 3.63) is 35.3 Å². The van der Waals surface area contributed by atoms with Crippen LogP contribution in [-0.4, -0.2) is 48.9 Å². The molecule has 0 saturated carbocycles. The normalized spacial score (nSPS) is 19.9. The van der Waals surface area contributed by atoms with Crippen molar-refractivity contribution in [1.29, 1.82) is 0 Å². The van der Waals surface area contributed by atoms with Gasteiger partial charge in [-0.3, -0.25) is 9.59 Å². The molecule has 5 nitrogen and oxygen atoms in total. The summed E-state index contributed by atoms with van der Waals surface area (Å²) in [4.78, 5) is 31.1. The second-order valence-corrected chi connectivity index (χ2v) is 8.65. The number of halogens is 1. The van der Waals surface area contributed by atoms with Crippen LogP contribution in [0.2, 0.25) is 0 Å². The number of fused-ring (bicyclic) bond motifs is 1. The Kier molecular flexibility index (Phi) is 5.15. The first kappa shape index (κ1) is 19.0. The minimum atomic E-state index is -0.143. The second-order valence-electron chi connectivity index (χ2n) is 7.73. The quantitative estimate of drug-likeness (QED) is 0.689. The van der Waals surface area contributed by atoms with E-state index in [4.69, 9.17) is 0 Å². The molecule has 0 aromatic heterocycles. The number of anilines is 2. The standard InChI is InChI=1S/C20H26BrN3O2/c1-5-18(25)23-10-8-14(9-11-23)19(26)24-13-20(2,3)22(4)16-7-6-15(21)12-17(16)24/h5-7,12,14H,1,8-11,13H2,2-4H3. The highest BCUT2D eigenvalue weighted by atomic mass is 79.9. The summed E-state index contributed by atoms with van der Waals surface area (Å²) in [6, 6.07) is 6.10. The molecule has 0 bridgehead atoms. The van der Waals surface area contributed by atoms with Gasteiger partial charge in [-0.25, -0.2) is 0 Å². The van der Waals surface area contributed by atoms with Crippen molar-refractivity contribution >= 4 is 39.1 Å². The van der Waals surface area contributed by atoms with Crippen molar-refractivity contribution in [2.45, 2.75) is 32.2 Å². The van der Waals surface area contributed by atoms with Crippen molar-refractivity contribution in [3.8, 4) is 0 Å². The van der Waals surface area contributed by atoms with Crippen LogP contribution in [0.4, 0.5) is 11.4 Å². The molecular formula is C20H26BrN3O2. The zero-order chi connectivity index (χ0) is 19.1. The number of carbonyl (C=O) groups is 2. The first-order valence-corrected chi connectivity index (χ1v) is 9.80. The lowest BCUT2D eigenvalue weighted by atomic mass is 9.91. The largest absolute Gasteiger partial charge is 0.366 e. The van der Waals surface area contributed by atoms with Crippen molar-refractivity contribution in [3.63, 3.8) is 0 Å². The van der Waals surface area contributed by atoms with Gasteiger partial charge in [0.2, 0.25) is 11.8 Å². The number of likely N-dealkylation sites (tertiary alicyclic amines) is 1. The highest BCUT2D eigenvalue weighted by molar-refractivity contribution is 9.10. The number of nitrogens with zero attached hydrogens (tertiary/aromatic N) is 3. The lowest BCUT2D eigenvalue weighted by molar-refractivity contribution is -0.131. The number of rotatable bonds is 2. The number of likely N-dealkylation sites (N-methyl/N-ethyl adjacent to an activating group) is 1. The molecule has 26 heavy (non-hydrogen) atoms. The van der Waals surface area contributed by atoms with E-state index in [-0.39, 0.29) is 23.3 Å². The third-order valence-corrected chi connectivity index (χ3v) is 6.13. The van der Waals surface area contributed by atoms with Crippen LogP contribution in [0.5, 0.6) is 0 Å². The molecule has 0 unspecified atom stereocenters. The SMILES string of the molecule is C=CC(=O)N1CCC(C(=O)N2CC(C)(C)N(C)c3ccc(Br)cc32)CC1. The number of amides is 2. The smallest absolute Gasteiger partial charge is 0.245 e. The molecule has 140 valence electrons. The lowest BCUT2D eigenvalue weighted by Gasteiger charge is -2.48. The molecule has 0 N–H and O–H groups in total. The maximum absolute atomic E-state index is 13.3. The van der Waals surface area contributed by atoms with E-state index >= 15 is 0 Å². The van der Waals surface area contributed by atoms with Crippen LogP contribution in [0.1, 0.15) is 26.7 Å². The Hall–Kier alpha value is -1.82. The zero-order valence-corrected chi connectivity index (χ0v) is 17.3. The van der Waals surface area contributed by atoms with E-state index in [1.54, 1.807) is 4.90 Å². The molecule has 0 spiro atoms. The van der Waals surface area contributed by atoms with Crippen LogP contribution >= 0.6 is 15.9 Å². The molecule has 1 saturated heterocycles. The van der Waals surface area contributed by atoms with Gasteiger partial charge >= 0.3 is 0 Å². The maximum Gasteiger partial charge on any atom is 0.245 e. The summed E-state index contributed by atoms with van der Waals surface area (Å²) in [5.41, 5.74) is 1.88. The van der Waals surface area contributed by atoms with Crippen LogP contribution in [0.3, 0.4) is 0 Å². The van der Waals surface area contributed by atoms with Gasteiger partial charge in [0.15, 0.2) is 0 Å². The number of carbonyl (C=O) groups excluding carboxylic acids is 2. The molecule has 3 rings (SSSR count). The summed E-state index contributed by atoms with van der Waals surface area (Å²) in [5.74, 6) is 0.0667. The van der Waals surface area contributed by atoms with Gasteiger partial charge in [0.1, 0.15) is 0 Å². The summed E-state index contributed by atoms with van der Waals surface area (Å²) in [6.07, 6.45) is 2.75. The maximum atomic E-state index is 13.3. The zero-order valence-electron chi connectivity index (χ0n) is 15.7. The van der Waals surface area contributed by atoms with Crippen molar-refractivity contribution in [2.75, 3.05) is 36.5 Å². The third kappa shape index (κ3) is 3.39. The van der Waals surface area contributed by atoms with Crippen molar-refractivity contribution in [2.24, 2.45) is 5.92 Å². The Morgan fingerprint density at radius 1 is 1.23 bits per heavy atom. The van der Waals surface area contributed by atoms with Crippen LogP contribution in [0.15, 0.2) is 35.3 Å². The van der Waals surface area contributed by atoms with E-state index in [0.29, 0.717) is 32.5 Å². The predicted octanol–water partition coefficient (Wildman–Crippen LogP) is 3.44. The first-order chi connectivity index (χ1) is 12.2. The Balaban J connectivity index is 1.84. The van der Waals surface area contributed by atoms with Crippen LogP contribution in [0, 0.1) is 5.92 Å².